The second-order valence-corrected chi connectivity index (χ2v) is 17.4. The molecule has 61 heavy (non-hydrogen) atoms. The lowest BCUT2D eigenvalue weighted by Crippen LogP contribution is -2.23. The number of rotatable bonds is 5. The summed E-state index contributed by atoms with van der Waals surface area (Å²) in [5, 5.41) is 4.95. The van der Waals surface area contributed by atoms with Crippen molar-refractivity contribution in [1.29, 1.82) is 0 Å². The Kier molecular flexibility index (Phi) is 7.74. The molecular weight excluding hydrogens is 737 g/mol. The predicted octanol–water partition coefficient (Wildman–Crippen LogP) is 15.1. The average Bonchev–Trinajstić information content (AvgIpc) is 3.73. The van der Waals surface area contributed by atoms with Crippen molar-refractivity contribution in [3.63, 3.8) is 0 Å². The summed E-state index contributed by atoms with van der Waals surface area (Å²) in [7, 11) is 0. The molecule has 10 aromatic rings. The van der Waals surface area contributed by atoms with Gasteiger partial charge in [0.25, 0.3) is 0 Å². The number of hydrogen-bond donors (Lipinski definition) is 0. The molecule has 1 aromatic heterocycles. The Labute approximate surface area is 356 Å². The molecule has 0 N–H and O–H groups in total. The van der Waals surface area contributed by atoms with Gasteiger partial charge in [0.05, 0.1) is 11.4 Å². The van der Waals surface area contributed by atoms with Crippen LogP contribution in [0.25, 0.3) is 88.8 Å². The zero-order chi connectivity index (χ0) is 40.9. The molecule has 0 saturated heterocycles. The molecule has 288 valence electrons. The molecule has 0 amide bonds. The predicted molar refractivity (Wildman–Crippen MR) is 254 cm³/mol. The summed E-state index contributed by atoms with van der Waals surface area (Å²) < 4.78 is 0. The molecule has 0 bridgehead atoms. The molecule has 1 unspecified atom stereocenters. The number of fused-ring (bicyclic) bond motifs is 9. The lowest BCUT2D eigenvalue weighted by molar-refractivity contribution is 0.661. The minimum absolute atomic E-state index is 0.0828. The summed E-state index contributed by atoms with van der Waals surface area (Å²) in [4.78, 5) is 10.8. The van der Waals surface area contributed by atoms with Crippen LogP contribution >= 0.6 is 0 Å². The molecular formula is C59H42N2. The standard InChI is InChI=1S/C59H42N2/c1-58(2)50-33-30-39(35-49(50)55-42-22-11-10-17-37(42)29-34-52(55)58)41-31-32-46(44-24-13-12-23-43(41)44)53-36-54(61-57(60-53)38-18-6-4-7-19-38)48-27-16-26-47-45-25-14-15-28-51(45)59(3,56(47)48)40-20-8-5-9-21-40/h4-36H,1-3H3. The number of nitrogens with zero attached hydrogens (tertiary/aromatic N) is 2. The van der Waals surface area contributed by atoms with Crippen LogP contribution in [0.15, 0.2) is 200 Å². The molecule has 2 aliphatic carbocycles. The summed E-state index contributed by atoms with van der Waals surface area (Å²) >= 11 is 0. The van der Waals surface area contributed by atoms with E-state index in [2.05, 4.69) is 215 Å². The molecule has 2 aliphatic rings. The van der Waals surface area contributed by atoms with E-state index < -0.39 is 0 Å². The van der Waals surface area contributed by atoms with Gasteiger partial charge in [-0.3, -0.25) is 0 Å². The van der Waals surface area contributed by atoms with Crippen LogP contribution in [0.5, 0.6) is 0 Å². The van der Waals surface area contributed by atoms with Gasteiger partial charge in [0.2, 0.25) is 0 Å². The first-order chi connectivity index (χ1) is 29.9. The van der Waals surface area contributed by atoms with Crippen molar-refractivity contribution in [2.45, 2.75) is 31.6 Å². The van der Waals surface area contributed by atoms with E-state index in [9.17, 15) is 0 Å². The fraction of sp³-hybridized carbons (Fsp3) is 0.0847. The first-order valence-electron chi connectivity index (χ1n) is 21.3. The minimum Gasteiger partial charge on any atom is -0.228 e. The third kappa shape index (κ3) is 5.22. The summed E-state index contributed by atoms with van der Waals surface area (Å²) in [6.07, 6.45) is 0. The molecule has 1 heterocycles. The normalized spacial score (nSPS) is 15.7. The minimum atomic E-state index is -0.381. The van der Waals surface area contributed by atoms with Crippen LogP contribution in [-0.2, 0) is 10.8 Å². The van der Waals surface area contributed by atoms with Gasteiger partial charge in [-0.15, -0.1) is 0 Å². The molecule has 0 fully saturated rings. The number of benzene rings is 9. The topological polar surface area (TPSA) is 25.8 Å². The smallest absolute Gasteiger partial charge is 0.160 e. The highest BCUT2D eigenvalue weighted by molar-refractivity contribution is 6.07. The van der Waals surface area contributed by atoms with Gasteiger partial charge in [0.1, 0.15) is 0 Å². The quantitative estimate of drug-likeness (QED) is 0.174. The summed E-state index contributed by atoms with van der Waals surface area (Å²) in [5.41, 5.74) is 18.8. The maximum Gasteiger partial charge on any atom is 0.160 e. The Morgan fingerprint density at radius 1 is 0.361 bits per heavy atom. The fourth-order valence-electron chi connectivity index (χ4n) is 10.8. The Morgan fingerprint density at radius 3 is 1.77 bits per heavy atom. The van der Waals surface area contributed by atoms with Crippen LogP contribution in [0.4, 0.5) is 0 Å². The molecule has 12 rings (SSSR count). The Morgan fingerprint density at radius 2 is 0.967 bits per heavy atom. The maximum atomic E-state index is 5.42. The monoisotopic (exact) mass is 778 g/mol. The Hall–Kier alpha value is -7.42. The lowest BCUT2D eigenvalue weighted by Gasteiger charge is -2.30. The SMILES string of the molecule is CC1(C)c2ccc(-c3ccc(-c4cc(-c5cccc6c5C(C)(c5ccccc5)c5ccccc5-6)nc(-c5ccccc5)n4)c4ccccc34)cc2-c2c1ccc1ccccc21. The molecule has 0 spiro atoms. The van der Waals surface area contributed by atoms with Crippen LogP contribution in [0.2, 0.25) is 0 Å². The summed E-state index contributed by atoms with van der Waals surface area (Å²) in [6, 6.07) is 73.1. The van der Waals surface area contributed by atoms with Gasteiger partial charge in [-0.25, -0.2) is 9.97 Å². The van der Waals surface area contributed by atoms with Crippen LogP contribution in [0.1, 0.15) is 48.6 Å². The molecule has 0 saturated carbocycles. The molecule has 1 atom stereocenters. The third-order valence-electron chi connectivity index (χ3n) is 13.8. The second-order valence-electron chi connectivity index (χ2n) is 17.4. The van der Waals surface area contributed by atoms with E-state index in [1.54, 1.807) is 0 Å². The highest BCUT2D eigenvalue weighted by Gasteiger charge is 2.43. The Balaban J connectivity index is 1.06. The van der Waals surface area contributed by atoms with Crippen molar-refractivity contribution in [3.8, 4) is 67.3 Å². The second kappa shape index (κ2) is 13.3. The first-order valence-corrected chi connectivity index (χ1v) is 21.3. The molecule has 0 radical (unpaired) electrons. The van der Waals surface area contributed by atoms with E-state index >= 15 is 0 Å². The van der Waals surface area contributed by atoms with Gasteiger partial charge >= 0.3 is 0 Å². The van der Waals surface area contributed by atoms with Gasteiger partial charge in [-0.1, -0.05) is 202 Å². The van der Waals surface area contributed by atoms with E-state index in [0.717, 1.165) is 33.5 Å². The van der Waals surface area contributed by atoms with Crippen LogP contribution in [0, 0.1) is 0 Å². The lowest BCUT2D eigenvalue weighted by atomic mass is 9.72. The zero-order valence-corrected chi connectivity index (χ0v) is 34.4. The van der Waals surface area contributed by atoms with Crippen molar-refractivity contribution in [3.05, 3.63) is 228 Å². The fourth-order valence-corrected chi connectivity index (χ4v) is 10.8. The molecule has 2 nitrogen and oxygen atoms in total. The van der Waals surface area contributed by atoms with E-state index in [1.807, 2.05) is 6.07 Å². The average molecular weight is 779 g/mol. The maximum absolute atomic E-state index is 5.42. The highest BCUT2D eigenvalue weighted by Crippen LogP contribution is 2.56. The van der Waals surface area contributed by atoms with Crippen molar-refractivity contribution in [1.82, 2.24) is 9.97 Å². The van der Waals surface area contributed by atoms with E-state index in [0.29, 0.717) is 5.82 Å². The van der Waals surface area contributed by atoms with Crippen molar-refractivity contribution in [2.24, 2.45) is 0 Å². The van der Waals surface area contributed by atoms with Crippen LogP contribution < -0.4 is 0 Å². The van der Waals surface area contributed by atoms with Gasteiger partial charge in [-0.05, 0) is 102 Å². The van der Waals surface area contributed by atoms with E-state index in [-0.39, 0.29) is 10.8 Å². The molecule has 0 aliphatic heterocycles. The molecule has 2 heteroatoms. The van der Waals surface area contributed by atoms with Gasteiger partial charge in [-0.2, -0.15) is 0 Å². The Bertz CT molecular complexity index is 3400. The largest absolute Gasteiger partial charge is 0.228 e. The molecule has 9 aromatic carbocycles. The highest BCUT2D eigenvalue weighted by atomic mass is 14.9. The van der Waals surface area contributed by atoms with Gasteiger partial charge < -0.3 is 0 Å². The summed E-state index contributed by atoms with van der Waals surface area (Å²) in [6.45, 7) is 7.10. The van der Waals surface area contributed by atoms with Gasteiger partial charge in [0, 0.05) is 27.5 Å². The van der Waals surface area contributed by atoms with E-state index in [4.69, 9.17) is 9.97 Å². The van der Waals surface area contributed by atoms with Gasteiger partial charge in [0.15, 0.2) is 5.82 Å². The third-order valence-corrected chi connectivity index (χ3v) is 13.8. The first kappa shape index (κ1) is 35.5. The van der Waals surface area contributed by atoms with Crippen LogP contribution in [0.3, 0.4) is 0 Å². The zero-order valence-electron chi connectivity index (χ0n) is 34.4. The van der Waals surface area contributed by atoms with Crippen molar-refractivity contribution in [2.75, 3.05) is 0 Å². The van der Waals surface area contributed by atoms with Crippen molar-refractivity contribution >= 4 is 21.5 Å². The summed E-state index contributed by atoms with van der Waals surface area (Å²) in [5.74, 6) is 0.711. The number of hydrogen-bond acceptors (Lipinski definition) is 2. The van der Waals surface area contributed by atoms with E-state index in [1.165, 1.54) is 77.4 Å². The van der Waals surface area contributed by atoms with Crippen LogP contribution in [-0.4, -0.2) is 9.97 Å². The van der Waals surface area contributed by atoms with Crippen molar-refractivity contribution < 1.29 is 0 Å². The number of aromatic nitrogens is 2.